The van der Waals surface area contributed by atoms with Crippen molar-refractivity contribution in [2.24, 2.45) is 0 Å². The Bertz CT molecular complexity index is 941. The van der Waals surface area contributed by atoms with Crippen LogP contribution >= 0.6 is 12.2 Å². The van der Waals surface area contributed by atoms with Gasteiger partial charge in [-0.15, -0.1) is 6.58 Å². The molecule has 1 aromatic carbocycles. The zero-order chi connectivity index (χ0) is 26.0. The molecule has 0 aromatic heterocycles. The van der Waals surface area contributed by atoms with Crippen LogP contribution in [-0.4, -0.2) is 81.5 Å². The van der Waals surface area contributed by atoms with Crippen molar-refractivity contribution in [1.82, 2.24) is 20.4 Å². The van der Waals surface area contributed by atoms with Crippen molar-refractivity contribution in [3.05, 3.63) is 48.6 Å². The number of thiocarbonyl (C=S) groups is 1. The summed E-state index contributed by atoms with van der Waals surface area (Å²) in [5.74, 6) is -1.35. The number of amides is 5. The van der Waals surface area contributed by atoms with Gasteiger partial charge in [-0.05, 0) is 18.9 Å². The van der Waals surface area contributed by atoms with Gasteiger partial charge in [0.1, 0.15) is 12.6 Å². The third-order valence-electron chi connectivity index (χ3n) is 5.30. The molecule has 11 heteroatoms. The van der Waals surface area contributed by atoms with Crippen molar-refractivity contribution < 1.29 is 29.0 Å². The maximum Gasteiger partial charge on any atom is 0.419 e. The van der Waals surface area contributed by atoms with Crippen molar-refractivity contribution >= 4 is 41.0 Å². The second-order valence-electron chi connectivity index (χ2n) is 8.17. The van der Waals surface area contributed by atoms with Crippen LogP contribution in [-0.2, 0) is 20.9 Å². The number of hydrogen-bond donors (Lipinski definition) is 3. The van der Waals surface area contributed by atoms with Gasteiger partial charge in [0.2, 0.25) is 5.91 Å². The van der Waals surface area contributed by atoms with Gasteiger partial charge in [0.25, 0.3) is 5.91 Å². The fourth-order valence-corrected chi connectivity index (χ4v) is 3.76. The van der Waals surface area contributed by atoms with Crippen LogP contribution in [0.1, 0.15) is 32.3 Å². The molecule has 2 unspecified atom stereocenters. The Morgan fingerprint density at radius 2 is 2.00 bits per heavy atom. The summed E-state index contributed by atoms with van der Waals surface area (Å²) in [7, 11) is 0. The number of benzene rings is 1. The number of ether oxygens (including phenoxy) is 1. The lowest BCUT2D eigenvalue weighted by Gasteiger charge is -2.26. The number of rotatable bonds is 12. The molecule has 0 spiro atoms. The SMILES string of the molecule is C=CCNC(=O)C(O)C(CCC)NC(=O)[C@@H]1CN(CC(C)=S)C(=O)N1C(=O)OCc1ccccc1. The summed E-state index contributed by atoms with van der Waals surface area (Å²) in [6.45, 7) is 7.07. The van der Waals surface area contributed by atoms with Crippen LogP contribution in [0.2, 0.25) is 0 Å². The van der Waals surface area contributed by atoms with E-state index in [1.807, 2.05) is 13.0 Å². The van der Waals surface area contributed by atoms with Gasteiger partial charge in [-0.25, -0.2) is 14.5 Å². The largest absolute Gasteiger partial charge is 0.444 e. The molecule has 0 radical (unpaired) electrons. The zero-order valence-corrected chi connectivity index (χ0v) is 20.8. The highest BCUT2D eigenvalue weighted by molar-refractivity contribution is 7.80. The molecule has 10 nitrogen and oxygen atoms in total. The molecule has 0 bridgehead atoms. The predicted octanol–water partition coefficient (Wildman–Crippen LogP) is 1.77. The predicted molar refractivity (Wildman–Crippen MR) is 134 cm³/mol. The van der Waals surface area contributed by atoms with E-state index in [1.165, 1.54) is 11.0 Å². The maximum atomic E-state index is 13.2. The number of nitrogens with one attached hydrogen (secondary N) is 2. The molecule has 1 aromatic rings. The molecule has 1 aliphatic rings. The fourth-order valence-electron chi connectivity index (χ4n) is 3.61. The monoisotopic (exact) mass is 504 g/mol. The first-order valence-electron chi connectivity index (χ1n) is 11.3. The van der Waals surface area contributed by atoms with Crippen LogP contribution in [0.15, 0.2) is 43.0 Å². The van der Waals surface area contributed by atoms with Crippen LogP contribution in [0.4, 0.5) is 9.59 Å². The lowest BCUT2D eigenvalue weighted by molar-refractivity contribution is -0.133. The third kappa shape index (κ3) is 7.86. The van der Waals surface area contributed by atoms with E-state index in [0.29, 0.717) is 17.7 Å². The summed E-state index contributed by atoms with van der Waals surface area (Å²) >= 11 is 5.10. The fraction of sp³-hybridized carbons (Fsp3) is 0.458. The van der Waals surface area contributed by atoms with Crippen molar-refractivity contribution in [2.75, 3.05) is 19.6 Å². The number of carbonyl (C=O) groups excluding carboxylic acids is 4. The second kappa shape index (κ2) is 13.5. The van der Waals surface area contributed by atoms with Crippen molar-refractivity contribution in [3.63, 3.8) is 0 Å². The molecule has 1 saturated heterocycles. The number of imide groups is 1. The van der Waals surface area contributed by atoms with Gasteiger partial charge in [0.05, 0.1) is 19.1 Å². The van der Waals surface area contributed by atoms with Crippen LogP contribution in [0, 0.1) is 0 Å². The summed E-state index contributed by atoms with van der Waals surface area (Å²) in [5.41, 5.74) is 0.719. The van der Waals surface area contributed by atoms with Gasteiger partial charge in [0.15, 0.2) is 6.10 Å². The number of urea groups is 1. The Labute approximate surface area is 210 Å². The first-order valence-corrected chi connectivity index (χ1v) is 11.8. The van der Waals surface area contributed by atoms with Crippen molar-refractivity contribution in [3.8, 4) is 0 Å². The summed E-state index contributed by atoms with van der Waals surface area (Å²) in [5, 5.41) is 15.6. The number of carbonyl (C=O) groups is 4. The maximum absolute atomic E-state index is 13.2. The topological polar surface area (TPSA) is 128 Å². The molecule has 3 atom stereocenters. The van der Waals surface area contributed by atoms with E-state index >= 15 is 0 Å². The van der Waals surface area contributed by atoms with E-state index in [2.05, 4.69) is 17.2 Å². The Hall–Kier alpha value is -3.31. The van der Waals surface area contributed by atoms with Gasteiger partial charge >= 0.3 is 12.1 Å². The molecular weight excluding hydrogens is 472 g/mol. The molecule has 3 N–H and O–H groups in total. The van der Waals surface area contributed by atoms with Crippen LogP contribution in [0.5, 0.6) is 0 Å². The average molecular weight is 505 g/mol. The van der Waals surface area contributed by atoms with Gasteiger partial charge in [-0.1, -0.05) is 62.0 Å². The Kier molecular flexibility index (Phi) is 10.8. The third-order valence-corrected chi connectivity index (χ3v) is 5.43. The quantitative estimate of drug-likeness (QED) is 0.292. The average Bonchev–Trinajstić information content (AvgIpc) is 3.16. The van der Waals surface area contributed by atoms with Crippen molar-refractivity contribution in [2.45, 2.75) is 51.5 Å². The zero-order valence-electron chi connectivity index (χ0n) is 19.9. The molecular formula is C24H32N4O6S. The van der Waals surface area contributed by atoms with Crippen LogP contribution in [0.25, 0.3) is 0 Å². The van der Waals surface area contributed by atoms with E-state index in [0.717, 1.165) is 10.5 Å². The summed E-state index contributed by atoms with van der Waals surface area (Å²) in [4.78, 5) is 53.8. The Morgan fingerprint density at radius 3 is 2.60 bits per heavy atom. The molecule has 1 heterocycles. The Balaban J connectivity index is 2.19. The summed E-state index contributed by atoms with van der Waals surface area (Å²) < 4.78 is 5.30. The number of aliphatic hydroxyl groups is 1. The van der Waals surface area contributed by atoms with Gasteiger partial charge in [0, 0.05) is 11.4 Å². The minimum atomic E-state index is -1.52. The van der Waals surface area contributed by atoms with E-state index in [1.54, 1.807) is 31.2 Å². The van der Waals surface area contributed by atoms with Crippen LogP contribution in [0.3, 0.4) is 0 Å². The molecule has 2 rings (SSSR count). The minimum Gasteiger partial charge on any atom is -0.444 e. The molecule has 1 aliphatic heterocycles. The number of nitrogens with zero attached hydrogens (tertiary/aromatic N) is 2. The molecule has 35 heavy (non-hydrogen) atoms. The van der Waals surface area contributed by atoms with Gasteiger partial charge in [-0.2, -0.15) is 0 Å². The lowest BCUT2D eigenvalue weighted by Crippen LogP contribution is -2.56. The molecule has 1 fully saturated rings. The molecule has 190 valence electrons. The number of aliphatic hydroxyl groups excluding tert-OH is 1. The minimum absolute atomic E-state index is 0.0787. The number of hydrogen-bond acceptors (Lipinski definition) is 7. The standard InChI is InChI=1S/C24H32N4O6S/c1-4-9-18(20(29)22(31)25-12-5-2)26-21(30)19-14-27(13-16(3)35)23(32)28(19)24(33)34-15-17-10-7-6-8-11-17/h5-8,10-11,18-20,29H,2,4,9,12-15H2,1,3H3,(H,25,31)(H,26,30)/t18?,19-,20?/m0/s1. The van der Waals surface area contributed by atoms with Crippen LogP contribution < -0.4 is 10.6 Å². The molecule has 0 saturated carbocycles. The first kappa shape index (κ1) is 27.9. The Morgan fingerprint density at radius 1 is 1.31 bits per heavy atom. The van der Waals surface area contributed by atoms with E-state index in [4.69, 9.17) is 17.0 Å². The molecule has 5 amide bonds. The normalized spacial score (nSPS) is 16.9. The van der Waals surface area contributed by atoms with Gasteiger partial charge < -0.3 is 25.4 Å². The summed E-state index contributed by atoms with van der Waals surface area (Å²) in [6.07, 6.45) is -0.155. The highest BCUT2D eigenvalue weighted by Crippen LogP contribution is 2.19. The van der Waals surface area contributed by atoms with Gasteiger partial charge in [-0.3, -0.25) is 9.59 Å². The molecule has 0 aliphatic carbocycles. The van der Waals surface area contributed by atoms with Crippen molar-refractivity contribution in [1.29, 1.82) is 0 Å². The first-order chi connectivity index (χ1) is 16.7. The summed E-state index contributed by atoms with van der Waals surface area (Å²) in [6, 6.07) is 6.07. The highest BCUT2D eigenvalue weighted by Gasteiger charge is 2.46. The van der Waals surface area contributed by atoms with E-state index in [-0.39, 0.29) is 26.2 Å². The van der Waals surface area contributed by atoms with E-state index in [9.17, 15) is 24.3 Å². The lowest BCUT2D eigenvalue weighted by atomic mass is 10.0. The smallest absolute Gasteiger partial charge is 0.419 e. The second-order valence-corrected chi connectivity index (χ2v) is 8.87. The highest BCUT2D eigenvalue weighted by atomic mass is 32.1. The van der Waals surface area contributed by atoms with E-state index < -0.39 is 42.1 Å².